The Morgan fingerprint density at radius 1 is 1.46 bits per heavy atom. The molecule has 1 rings (SSSR count). The van der Waals surface area contributed by atoms with Crippen LogP contribution in [0, 0.1) is 0 Å². The molecule has 0 amide bonds. The number of aromatic nitrogens is 2. The van der Waals surface area contributed by atoms with Crippen molar-refractivity contribution in [1.82, 2.24) is 25.3 Å². The summed E-state index contributed by atoms with van der Waals surface area (Å²) in [6, 6.07) is 0.567. The second-order valence-electron chi connectivity index (χ2n) is 6.54. The normalized spacial score (nSPS) is 16.1. The first kappa shape index (κ1) is 20.4. The predicted octanol–water partition coefficient (Wildman–Crippen LogP) is 0.913. The molecule has 7 nitrogen and oxygen atoms in total. The van der Waals surface area contributed by atoms with E-state index in [0.717, 1.165) is 37.6 Å². The van der Waals surface area contributed by atoms with E-state index in [2.05, 4.69) is 46.5 Å². The first-order chi connectivity index (χ1) is 11.3. The summed E-state index contributed by atoms with van der Waals surface area (Å²) < 4.78 is 1.68. The number of aliphatic hydroxyl groups is 1. The number of likely N-dealkylation sites (N-methyl/N-ethyl adjacent to an activating group) is 1. The summed E-state index contributed by atoms with van der Waals surface area (Å²) >= 11 is 0. The van der Waals surface area contributed by atoms with Crippen molar-refractivity contribution in [2.24, 2.45) is 12.0 Å². The lowest BCUT2D eigenvalue weighted by Gasteiger charge is -2.24. The Kier molecular flexibility index (Phi) is 8.21. The number of guanidine groups is 1. The van der Waals surface area contributed by atoms with Gasteiger partial charge in [-0.2, -0.15) is 5.10 Å². The SMILES string of the molecule is CCNC(=NCC(C)(O)c1cnn(C)c1)NCCN(C)C(C)CC. The van der Waals surface area contributed by atoms with Crippen LogP contribution in [-0.4, -0.2) is 65.0 Å². The summed E-state index contributed by atoms with van der Waals surface area (Å²) in [5, 5.41) is 21.3. The minimum absolute atomic E-state index is 0.273. The van der Waals surface area contributed by atoms with E-state index in [1.807, 2.05) is 20.2 Å². The van der Waals surface area contributed by atoms with Crippen molar-refractivity contribution in [3.05, 3.63) is 18.0 Å². The molecule has 1 aromatic rings. The summed E-state index contributed by atoms with van der Waals surface area (Å²) in [6.45, 7) is 11.0. The zero-order valence-corrected chi connectivity index (χ0v) is 16.0. The van der Waals surface area contributed by atoms with Crippen LogP contribution in [0.15, 0.2) is 17.4 Å². The standard InChI is InChI=1S/C17H34N6O/c1-7-14(3)22(5)10-9-19-16(18-8-2)20-13-17(4,24)15-11-21-23(6)12-15/h11-12,14,24H,7-10,13H2,1-6H3,(H2,18,19,20). The molecule has 2 atom stereocenters. The van der Waals surface area contributed by atoms with E-state index in [4.69, 9.17) is 0 Å². The lowest BCUT2D eigenvalue weighted by Crippen LogP contribution is -2.43. The largest absolute Gasteiger partial charge is 0.383 e. The fraction of sp³-hybridized carbons (Fsp3) is 0.765. The molecule has 0 bridgehead atoms. The first-order valence-corrected chi connectivity index (χ1v) is 8.74. The second kappa shape index (κ2) is 9.64. The van der Waals surface area contributed by atoms with Gasteiger partial charge in [0.1, 0.15) is 5.60 Å². The lowest BCUT2D eigenvalue weighted by atomic mass is 10.0. The lowest BCUT2D eigenvalue weighted by molar-refractivity contribution is 0.0671. The van der Waals surface area contributed by atoms with Crippen molar-refractivity contribution < 1.29 is 5.11 Å². The average molecular weight is 339 g/mol. The topological polar surface area (TPSA) is 77.7 Å². The second-order valence-corrected chi connectivity index (χ2v) is 6.54. The fourth-order valence-electron chi connectivity index (χ4n) is 2.25. The van der Waals surface area contributed by atoms with Gasteiger partial charge in [-0.15, -0.1) is 0 Å². The Bertz CT molecular complexity index is 511. The third-order valence-electron chi connectivity index (χ3n) is 4.32. The van der Waals surface area contributed by atoms with Crippen LogP contribution in [0.3, 0.4) is 0 Å². The van der Waals surface area contributed by atoms with Crippen molar-refractivity contribution in [3.8, 4) is 0 Å². The molecule has 3 N–H and O–H groups in total. The predicted molar refractivity (Wildman–Crippen MR) is 99.1 cm³/mol. The quantitative estimate of drug-likeness (QED) is 0.461. The van der Waals surface area contributed by atoms with E-state index in [9.17, 15) is 5.11 Å². The van der Waals surface area contributed by atoms with Gasteiger partial charge in [0.05, 0.1) is 12.7 Å². The Morgan fingerprint density at radius 2 is 2.17 bits per heavy atom. The van der Waals surface area contributed by atoms with E-state index in [-0.39, 0.29) is 6.54 Å². The van der Waals surface area contributed by atoms with Crippen molar-refractivity contribution in [1.29, 1.82) is 0 Å². The van der Waals surface area contributed by atoms with Crippen LogP contribution in [0.2, 0.25) is 0 Å². The van der Waals surface area contributed by atoms with Gasteiger partial charge in [-0.3, -0.25) is 4.68 Å². The smallest absolute Gasteiger partial charge is 0.191 e. The first-order valence-electron chi connectivity index (χ1n) is 8.74. The van der Waals surface area contributed by atoms with Gasteiger partial charge in [0.15, 0.2) is 5.96 Å². The van der Waals surface area contributed by atoms with Gasteiger partial charge in [0, 0.05) is 44.5 Å². The molecule has 0 radical (unpaired) electrons. The highest BCUT2D eigenvalue weighted by Crippen LogP contribution is 2.19. The van der Waals surface area contributed by atoms with E-state index in [1.54, 1.807) is 17.8 Å². The van der Waals surface area contributed by atoms with Gasteiger partial charge in [-0.1, -0.05) is 6.92 Å². The number of hydrogen-bond donors (Lipinski definition) is 3. The van der Waals surface area contributed by atoms with E-state index in [1.165, 1.54) is 0 Å². The molecule has 0 aromatic carbocycles. The maximum Gasteiger partial charge on any atom is 0.191 e. The molecule has 0 aliphatic rings. The molecule has 7 heteroatoms. The maximum atomic E-state index is 10.6. The summed E-state index contributed by atoms with van der Waals surface area (Å²) in [7, 11) is 3.97. The van der Waals surface area contributed by atoms with E-state index < -0.39 is 5.60 Å². The molecule has 138 valence electrons. The van der Waals surface area contributed by atoms with E-state index in [0.29, 0.717) is 6.04 Å². The van der Waals surface area contributed by atoms with Crippen LogP contribution in [0.1, 0.15) is 39.7 Å². The molecule has 0 aliphatic heterocycles. The average Bonchev–Trinajstić information content (AvgIpc) is 2.99. The Labute approximate surface area is 146 Å². The summed E-state index contributed by atoms with van der Waals surface area (Å²) in [5.41, 5.74) is -0.273. The Balaban J connectivity index is 2.58. The van der Waals surface area contributed by atoms with Gasteiger partial charge < -0.3 is 20.6 Å². The van der Waals surface area contributed by atoms with Gasteiger partial charge in [0.2, 0.25) is 0 Å². The highest BCUT2D eigenvalue weighted by Gasteiger charge is 2.24. The Morgan fingerprint density at radius 3 is 2.71 bits per heavy atom. The van der Waals surface area contributed by atoms with Crippen LogP contribution in [0.4, 0.5) is 0 Å². The van der Waals surface area contributed by atoms with Crippen LogP contribution in [0.25, 0.3) is 0 Å². The molecule has 0 saturated heterocycles. The summed E-state index contributed by atoms with van der Waals surface area (Å²) in [4.78, 5) is 6.84. The van der Waals surface area contributed by atoms with Crippen molar-refractivity contribution in [2.75, 3.05) is 33.2 Å². The summed E-state index contributed by atoms with van der Waals surface area (Å²) in [6.07, 6.45) is 4.63. The monoisotopic (exact) mass is 338 g/mol. The number of nitrogens with zero attached hydrogens (tertiary/aromatic N) is 4. The highest BCUT2D eigenvalue weighted by atomic mass is 16.3. The molecule has 0 spiro atoms. The van der Waals surface area contributed by atoms with E-state index >= 15 is 0 Å². The van der Waals surface area contributed by atoms with Crippen molar-refractivity contribution in [3.63, 3.8) is 0 Å². The number of hydrogen-bond acceptors (Lipinski definition) is 4. The van der Waals surface area contributed by atoms with Gasteiger partial charge in [0.25, 0.3) is 0 Å². The molecule has 1 aromatic heterocycles. The molecular weight excluding hydrogens is 304 g/mol. The van der Waals surface area contributed by atoms with Crippen LogP contribution in [0.5, 0.6) is 0 Å². The van der Waals surface area contributed by atoms with Gasteiger partial charge in [-0.25, -0.2) is 4.99 Å². The number of aliphatic imine (C=N–C) groups is 1. The molecule has 0 fully saturated rings. The number of rotatable bonds is 9. The molecule has 0 saturated carbocycles. The fourth-order valence-corrected chi connectivity index (χ4v) is 2.25. The van der Waals surface area contributed by atoms with Crippen molar-refractivity contribution in [2.45, 2.75) is 45.8 Å². The highest BCUT2D eigenvalue weighted by molar-refractivity contribution is 5.79. The number of aryl methyl sites for hydroxylation is 1. The third kappa shape index (κ3) is 6.49. The van der Waals surface area contributed by atoms with Gasteiger partial charge >= 0.3 is 0 Å². The molecule has 1 heterocycles. The van der Waals surface area contributed by atoms with Crippen molar-refractivity contribution >= 4 is 5.96 Å². The minimum Gasteiger partial charge on any atom is -0.383 e. The molecule has 2 unspecified atom stereocenters. The van der Waals surface area contributed by atoms with Gasteiger partial charge in [-0.05, 0) is 34.2 Å². The molecule has 24 heavy (non-hydrogen) atoms. The molecule has 0 aliphatic carbocycles. The zero-order chi connectivity index (χ0) is 18.2. The zero-order valence-electron chi connectivity index (χ0n) is 16.0. The Hall–Kier alpha value is -1.60. The molecular formula is C17H34N6O. The minimum atomic E-state index is -1.04. The summed E-state index contributed by atoms with van der Waals surface area (Å²) in [5.74, 6) is 0.721. The van der Waals surface area contributed by atoms with Crippen LogP contribution >= 0.6 is 0 Å². The number of nitrogens with one attached hydrogen (secondary N) is 2. The maximum absolute atomic E-state index is 10.6. The van der Waals surface area contributed by atoms with Crippen LogP contribution in [-0.2, 0) is 12.6 Å². The third-order valence-corrected chi connectivity index (χ3v) is 4.32. The van der Waals surface area contributed by atoms with Crippen LogP contribution < -0.4 is 10.6 Å².